The molecule has 42 heavy (non-hydrogen) atoms. The molecule has 7 aromatic rings. The van der Waals surface area contributed by atoms with Crippen LogP contribution in [-0.4, -0.2) is 41.9 Å². The van der Waals surface area contributed by atoms with E-state index in [9.17, 15) is 5.11 Å². The van der Waals surface area contributed by atoms with E-state index in [4.69, 9.17) is 14.8 Å². The standard InChI is InChI=1S/C34H28N6O2/c1-21-28(17-35-18-29(21)24-13-14-36-25(15-24)20-41)23-9-12-32-27(16-23)33(34-37-30-5-3-4-6-31(30)38-34)39-40(32)19-22-7-10-26(42-2)11-8-22/h3-18,41H,19-20H2,1-2H3,(H,37,38). The molecule has 0 unspecified atom stereocenters. The van der Waals surface area contributed by atoms with Crippen LogP contribution in [0.15, 0.2) is 97.5 Å². The van der Waals surface area contributed by atoms with Gasteiger partial charge in [-0.3, -0.25) is 14.6 Å². The number of nitrogens with one attached hydrogen (secondary N) is 1. The average Bonchev–Trinajstić information content (AvgIpc) is 3.63. The van der Waals surface area contributed by atoms with Gasteiger partial charge in [0.05, 0.1) is 42.5 Å². The summed E-state index contributed by atoms with van der Waals surface area (Å²) >= 11 is 0. The number of hydrogen-bond donors (Lipinski definition) is 2. The number of pyridine rings is 2. The number of H-pyrrole nitrogens is 1. The zero-order valence-corrected chi connectivity index (χ0v) is 23.2. The SMILES string of the molecule is COc1ccc(Cn2nc(-c3nc4ccccc4[nH]3)c3cc(-c4cncc(-c5ccnc(CO)c5)c4C)ccc32)cc1. The largest absolute Gasteiger partial charge is 0.497 e. The number of methoxy groups -OCH3 is 1. The summed E-state index contributed by atoms with van der Waals surface area (Å²) < 4.78 is 7.37. The molecule has 2 N–H and O–H groups in total. The van der Waals surface area contributed by atoms with Crippen LogP contribution in [0, 0.1) is 6.92 Å². The zero-order valence-electron chi connectivity index (χ0n) is 23.2. The monoisotopic (exact) mass is 552 g/mol. The predicted molar refractivity (Wildman–Crippen MR) is 164 cm³/mol. The molecule has 3 aromatic carbocycles. The van der Waals surface area contributed by atoms with E-state index in [-0.39, 0.29) is 6.61 Å². The molecule has 0 aliphatic heterocycles. The van der Waals surface area contributed by atoms with Crippen molar-refractivity contribution in [1.82, 2.24) is 29.7 Å². The Balaban J connectivity index is 1.37. The number of aliphatic hydroxyl groups is 1. The first kappa shape index (κ1) is 25.6. The lowest BCUT2D eigenvalue weighted by Gasteiger charge is -2.12. The molecule has 0 atom stereocenters. The number of nitrogens with zero attached hydrogens (tertiary/aromatic N) is 5. The van der Waals surface area contributed by atoms with Gasteiger partial charge < -0.3 is 14.8 Å². The summed E-state index contributed by atoms with van der Waals surface area (Å²) in [6.45, 7) is 2.59. The number of aromatic nitrogens is 6. The van der Waals surface area contributed by atoms with Crippen LogP contribution < -0.4 is 4.74 Å². The second-order valence-corrected chi connectivity index (χ2v) is 10.2. The molecule has 0 radical (unpaired) electrons. The third kappa shape index (κ3) is 4.57. The molecule has 0 saturated carbocycles. The Morgan fingerprint density at radius 1 is 0.905 bits per heavy atom. The van der Waals surface area contributed by atoms with E-state index in [0.717, 1.165) is 72.6 Å². The second-order valence-electron chi connectivity index (χ2n) is 10.2. The quantitative estimate of drug-likeness (QED) is 0.232. The highest BCUT2D eigenvalue weighted by atomic mass is 16.5. The third-order valence-corrected chi connectivity index (χ3v) is 7.67. The van der Waals surface area contributed by atoms with Gasteiger partial charge in [-0.05, 0) is 77.7 Å². The molecule has 8 nitrogen and oxygen atoms in total. The van der Waals surface area contributed by atoms with Gasteiger partial charge in [-0.1, -0.05) is 30.3 Å². The number of imidazole rings is 1. The summed E-state index contributed by atoms with van der Waals surface area (Å²) in [6.07, 6.45) is 5.48. The first-order valence-electron chi connectivity index (χ1n) is 13.7. The third-order valence-electron chi connectivity index (χ3n) is 7.67. The number of benzene rings is 3. The Morgan fingerprint density at radius 2 is 1.69 bits per heavy atom. The van der Waals surface area contributed by atoms with Crippen molar-refractivity contribution in [1.29, 1.82) is 0 Å². The van der Waals surface area contributed by atoms with Crippen LogP contribution in [0.3, 0.4) is 0 Å². The van der Waals surface area contributed by atoms with E-state index in [1.54, 1.807) is 13.3 Å². The van der Waals surface area contributed by atoms with Crippen molar-refractivity contribution in [2.24, 2.45) is 0 Å². The normalized spacial score (nSPS) is 11.4. The summed E-state index contributed by atoms with van der Waals surface area (Å²) in [5.74, 6) is 1.55. The first-order valence-corrected chi connectivity index (χ1v) is 13.7. The van der Waals surface area contributed by atoms with Gasteiger partial charge in [0.25, 0.3) is 0 Å². The highest BCUT2D eigenvalue weighted by molar-refractivity contribution is 5.96. The minimum Gasteiger partial charge on any atom is -0.497 e. The molecule has 0 amide bonds. The number of para-hydroxylation sites is 2. The van der Waals surface area contributed by atoms with Crippen LogP contribution in [0.5, 0.6) is 5.75 Å². The molecule has 8 heteroatoms. The molecule has 0 fully saturated rings. The molecule has 7 rings (SSSR count). The van der Waals surface area contributed by atoms with Crippen molar-refractivity contribution in [3.63, 3.8) is 0 Å². The molecule has 0 spiro atoms. The fourth-order valence-electron chi connectivity index (χ4n) is 5.45. The lowest BCUT2D eigenvalue weighted by atomic mass is 9.95. The number of aromatic amines is 1. The van der Waals surface area contributed by atoms with E-state index in [0.29, 0.717) is 12.2 Å². The zero-order chi connectivity index (χ0) is 28.6. The van der Waals surface area contributed by atoms with Crippen LogP contribution in [0.25, 0.3) is 55.7 Å². The van der Waals surface area contributed by atoms with Crippen molar-refractivity contribution in [2.45, 2.75) is 20.1 Å². The van der Waals surface area contributed by atoms with Crippen molar-refractivity contribution in [3.8, 4) is 39.5 Å². The molecule has 4 aromatic heterocycles. The second kappa shape index (κ2) is 10.6. The number of hydrogen-bond acceptors (Lipinski definition) is 6. The minimum atomic E-state index is -0.109. The van der Waals surface area contributed by atoms with Gasteiger partial charge in [0.1, 0.15) is 11.4 Å². The van der Waals surface area contributed by atoms with Gasteiger partial charge in [0, 0.05) is 35.1 Å². The van der Waals surface area contributed by atoms with Crippen LogP contribution in [-0.2, 0) is 13.2 Å². The molecule has 0 aliphatic carbocycles. The molecular formula is C34H28N6O2. The lowest BCUT2D eigenvalue weighted by Crippen LogP contribution is -2.02. The van der Waals surface area contributed by atoms with Crippen LogP contribution in [0.4, 0.5) is 0 Å². The molecule has 0 saturated heterocycles. The van der Waals surface area contributed by atoms with Crippen molar-refractivity contribution >= 4 is 21.9 Å². The van der Waals surface area contributed by atoms with Crippen LogP contribution in [0.1, 0.15) is 16.8 Å². The maximum atomic E-state index is 9.60. The number of aliphatic hydroxyl groups excluding tert-OH is 1. The van der Waals surface area contributed by atoms with Crippen LogP contribution in [0.2, 0.25) is 0 Å². The van der Waals surface area contributed by atoms with Crippen LogP contribution >= 0.6 is 0 Å². The topological polar surface area (TPSA) is 102 Å². The Hall–Kier alpha value is -5.34. The summed E-state index contributed by atoms with van der Waals surface area (Å²) in [5, 5.41) is 15.7. The van der Waals surface area contributed by atoms with Crippen molar-refractivity contribution in [3.05, 3.63) is 114 Å². The number of rotatable bonds is 7. The van der Waals surface area contributed by atoms with E-state index in [2.05, 4.69) is 52.2 Å². The van der Waals surface area contributed by atoms with Crippen molar-refractivity contribution < 1.29 is 9.84 Å². The smallest absolute Gasteiger partial charge is 0.159 e. The van der Waals surface area contributed by atoms with Crippen molar-refractivity contribution in [2.75, 3.05) is 7.11 Å². The van der Waals surface area contributed by atoms with Gasteiger partial charge in [-0.25, -0.2) is 4.98 Å². The molecule has 4 heterocycles. The first-order chi connectivity index (χ1) is 20.6. The molecule has 0 aliphatic rings. The van der Waals surface area contributed by atoms with Gasteiger partial charge >= 0.3 is 0 Å². The maximum Gasteiger partial charge on any atom is 0.159 e. The molecular weight excluding hydrogens is 524 g/mol. The molecule has 206 valence electrons. The summed E-state index contributed by atoms with van der Waals surface area (Å²) in [7, 11) is 1.67. The number of ether oxygens (including phenoxy) is 1. The molecule has 0 bridgehead atoms. The van der Waals surface area contributed by atoms with Gasteiger partial charge in [-0.15, -0.1) is 0 Å². The highest BCUT2D eigenvalue weighted by Crippen LogP contribution is 2.35. The van der Waals surface area contributed by atoms with Gasteiger partial charge in [0.2, 0.25) is 0 Å². The predicted octanol–water partition coefficient (Wildman–Crippen LogP) is 6.56. The minimum absolute atomic E-state index is 0.109. The lowest BCUT2D eigenvalue weighted by molar-refractivity contribution is 0.277. The number of fused-ring (bicyclic) bond motifs is 2. The average molecular weight is 553 g/mol. The fourth-order valence-corrected chi connectivity index (χ4v) is 5.45. The maximum absolute atomic E-state index is 9.60. The van der Waals surface area contributed by atoms with E-state index >= 15 is 0 Å². The van der Waals surface area contributed by atoms with E-state index < -0.39 is 0 Å². The van der Waals surface area contributed by atoms with E-state index in [1.807, 2.05) is 65.6 Å². The highest BCUT2D eigenvalue weighted by Gasteiger charge is 2.18. The Bertz CT molecular complexity index is 2030. The van der Waals surface area contributed by atoms with Gasteiger partial charge in [0.15, 0.2) is 5.82 Å². The Kier molecular flexibility index (Phi) is 6.45. The Morgan fingerprint density at radius 3 is 2.45 bits per heavy atom. The summed E-state index contributed by atoms with van der Waals surface area (Å²) in [6, 6.07) is 26.3. The van der Waals surface area contributed by atoms with Gasteiger partial charge in [-0.2, -0.15) is 5.10 Å². The Labute approximate surface area is 242 Å². The summed E-state index contributed by atoms with van der Waals surface area (Å²) in [4.78, 5) is 17.2. The summed E-state index contributed by atoms with van der Waals surface area (Å²) in [5.41, 5.74) is 10.5. The fraction of sp³-hybridized carbons (Fsp3) is 0.118. The van der Waals surface area contributed by atoms with E-state index in [1.165, 1.54) is 0 Å².